The molecule has 3 aromatic rings. The van der Waals surface area contributed by atoms with E-state index in [4.69, 9.17) is 0 Å². The number of hydrogen-bond donors (Lipinski definition) is 2. The molecule has 0 aliphatic carbocycles. The third-order valence-electron chi connectivity index (χ3n) is 3.19. The number of rotatable bonds is 6. The first kappa shape index (κ1) is 19.1. The number of guanidine groups is 1. The zero-order chi connectivity index (χ0) is 16.1. The first-order chi connectivity index (χ1) is 11.2. The minimum Gasteiger partial charge on any atom is -0.357 e. The molecular formula is C15H21IN6S2. The number of fused-ring (bicyclic) bond motifs is 1. The molecule has 0 saturated heterocycles. The molecule has 0 unspecified atom stereocenters. The summed E-state index contributed by atoms with van der Waals surface area (Å²) in [5, 5.41) is 9.79. The van der Waals surface area contributed by atoms with Crippen LogP contribution in [0.4, 0.5) is 0 Å². The molecule has 0 radical (unpaired) electrons. The van der Waals surface area contributed by atoms with Gasteiger partial charge in [-0.05, 0) is 13.8 Å². The lowest BCUT2D eigenvalue weighted by atomic mass is 10.4. The Morgan fingerprint density at radius 1 is 1.38 bits per heavy atom. The molecule has 0 bridgehead atoms. The van der Waals surface area contributed by atoms with Crippen molar-refractivity contribution >= 4 is 57.6 Å². The topological polar surface area (TPSA) is 66.6 Å². The number of aliphatic imine (C=N–C) groups is 1. The van der Waals surface area contributed by atoms with E-state index < -0.39 is 0 Å². The number of nitrogens with zero attached hydrogens (tertiary/aromatic N) is 4. The van der Waals surface area contributed by atoms with Crippen LogP contribution in [0.3, 0.4) is 0 Å². The summed E-state index contributed by atoms with van der Waals surface area (Å²) in [6, 6.07) is 0. The van der Waals surface area contributed by atoms with Crippen molar-refractivity contribution in [3.05, 3.63) is 39.5 Å². The average molecular weight is 476 g/mol. The van der Waals surface area contributed by atoms with Crippen molar-refractivity contribution in [3.63, 3.8) is 0 Å². The van der Waals surface area contributed by atoms with Gasteiger partial charge in [0.15, 0.2) is 10.9 Å². The van der Waals surface area contributed by atoms with Gasteiger partial charge >= 0.3 is 0 Å². The smallest absolute Gasteiger partial charge is 0.193 e. The highest BCUT2D eigenvalue weighted by molar-refractivity contribution is 14.0. The number of imidazole rings is 1. The summed E-state index contributed by atoms with van der Waals surface area (Å²) in [6.07, 6.45) is 6.86. The van der Waals surface area contributed by atoms with E-state index in [1.165, 1.54) is 4.88 Å². The van der Waals surface area contributed by atoms with E-state index in [1.54, 1.807) is 22.7 Å². The third kappa shape index (κ3) is 5.15. The number of hydrogen-bond acceptors (Lipinski definition) is 5. The summed E-state index contributed by atoms with van der Waals surface area (Å²) in [7, 11) is 0. The second-order valence-corrected chi connectivity index (χ2v) is 7.25. The Bertz CT molecular complexity index is 762. The van der Waals surface area contributed by atoms with Crippen LogP contribution in [0.2, 0.25) is 0 Å². The van der Waals surface area contributed by atoms with E-state index in [0.29, 0.717) is 6.54 Å². The Balaban J connectivity index is 0.00000208. The lowest BCUT2D eigenvalue weighted by Crippen LogP contribution is -2.38. The van der Waals surface area contributed by atoms with Crippen molar-refractivity contribution in [2.24, 2.45) is 4.99 Å². The summed E-state index contributed by atoms with van der Waals surface area (Å²) < 4.78 is 2.03. The van der Waals surface area contributed by atoms with E-state index in [1.807, 2.05) is 28.4 Å². The van der Waals surface area contributed by atoms with Crippen molar-refractivity contribution < 1.29 is 0 Å². The van der Waals surface area contributed by atoms with Crippen molar-refractivity contribution in [2.45, 2.75) is 26.8 Å². The fraction of sp³-hybridized carbons (Fsp3) is 0.400. The van der Waals surface area contributed by atoms with Gasteiger partial charge in [0.1, 0.15) is 0 Å². The SMILES string of the molecule is CCNC(=NCc1cn2ccsc2n1)NCCc1ncc(C)s1.I. The van der Waals surface area contributed by atoms with Gasteiger partial charge in [-0.3, -0.25) is 4.40 Å². The van der Waals surface area contributed by atoms with Crippen LogP contribution < -0.4 is 10.6 Å². The molecule has 130 valence electrons. The van der Waals surface area contributed by atoms with Crippen molar-refractivity contribution in [1.29, 1.82) is 0 Å². The molecule has 2 N–H and O–H groups in total. The second kappa shape index (κ2) is 9.33. The highest BCUT2D eigenvalue weighted by Crippen LogP contribution is 2.12. The van der Waals surface area contributed by atoms with Gasteiger partial charge in [0, 0.05) is 48.4 Å². The highest BCUT2D eigenvalue weighted by atomic mass is 127. The highest BCUT2D eigenvalue weighted by Gasteiger charge is 2.04. The van der Waals surface area contributed by atoms with Gasteiger partial charge in [-0.15, -0.1) is 46.7 Å². The first-order valence-corrected chi connectivity index (χ1v) is 9.29. The molecule has 3 heterocycles. The summed E-state index contributed by atoms with van der Waals surface area (Å²) in [5.41, 5.74) is 0.976. The Kier molecular flexibility index (Phi) is 7.43. The maximum atomic E-state index is 4.60. The summed E-state index contributed by atoms with van der Waals surface area (Å²) >= 11 is 3.38. The van der Waals surface area contributed by atoms with Crippen LogP contribution in [0, 0.1) is 6.92 Å². The molecule has 6 nitrogen and oxygen atoms in total. The lowest BCUT2D eigenvalue weighted by Gasteiger charge is -2.10. The Hall–Kier alpha value is -1.20. The maximum Gasteiger partial charge on any atom is 0.193 e. The van der Waals surface area contributed by atoms with Crippen LogP contribution in [0.5, 0.6) is 0 Å². The van der Waals surface area contributed by atoms with Gasteiger partial charge in [0.25, 0.3) is 0 Å². The van der Waals surface area contributed by atoms with Gasteiger partial charge in [0.05, 0.1) is 17.2 Å². The normalized spacial score (nSPS) is 11.5. The molecule has 0 aliphatic rings. The molecule has 0 aromatic carbocycles. The average Bonchev–Trinajstić information content (AvgIpc) is 3.21. The van der Waals surface area contributed by atoms with E-state index in [-0.39, 0.29) is 24.0 Å². The van der Waals surface area contributed by atoms with Crippen molar-refractivity contribution in [2.75, 3.05) is 13.1 Å². The van der Waals surface area contributed by atoms with Crippen molar-refractivity contribution in [3.8, 4) is 0 Å². The fourth-order valence-corrected chi connectivity index (χ4v) is 3.66. The standard InChI is InChI=1S/C15H20N6S2.HI/c1-3-16-14(17-5-4-13-18-8-11(2)23-13)19-9-12-10-21-6-7-22-15(21)20-12;/h6-8,10H,3-5,9H2,1-2H3,(H2,16,17,19);1H. The van der Waals surface area contributed by atoms with E-state index in [2.05, 4.69) is 39.4 Å². The number of aryl methyl sites for hydroxylation is 1. The largest absolute Gasteiger partial charge is 0.357 e. The second-order valence-electron chi connectivity index (χ2n) is 5.06. The molecule has 0 spiro atoms. The molecule has 3 rings (SSSR count). The van der Waals surface area contributed by atoms with E-state index in [0.717, 1.165) is 41.1 Å². The number of thiazole rings is 2. The van der Waals surface area contributed by atoms with Gasteiger partial charge in [-0.2, -0.15) is 0 Å². The summed E-state index contributed by atoms with van der Waals surface area (Å²) in [6.45, 7) is 6.36. The lowest BCUT2D eigenvalue weighted by molar-refractivity contribution is 0.794. The molecule has 0 atom stereocenters. The monoisotopic (exact) mass is 476 g/mol. The zero-order valence-corrected chi connectivity index (χ0v) is 17.6. The molecule has 0 fully saturated rings. The number of aromatic nitrogens is 3. The fourth-order valence-electron chi connectivity index (χ4n) is 2.16. The molecule has 0 saturated carbocycles. The minimum absolute atomic E-state index is 0. The summed E-state index contributed by atoms with van der Waals surface area (Å²) in [4.78, 5) is 15.8. The van der Waals surface area contributed by atoms with Crippen LogP contribution in [0.15, 0.2) is 29.0 Å². The molecule has 9 heteroatoms. The van der Waals surface area contributed by atoms with Crippen LogP contribution in [0.1, 0.15) is 22.5 Å². The van der Waals surface area contributed by atoms with Crippen LogP contribution in [-0.2, 0) is 13.0 Å². The maximum absolute atomic E-state index is 4.60. The van der Waals surface area contributed by atoms with Crippen LogP contribution in [-0.4, -0.2) is 33.4 Å². The van der Waals surface area contributed by atoms with Gasteiger partial charge < -0.3 is 10.6 Å². The Morgan fingerprint density at radius 3 is 2.96 bits per heavy atom. The Labute approximate surface area is 166 Å². The predicted octanol–water partition coefficient (Wildman–Crippen LogP) is 3.08. The van der Waals surface area contributed by atoms with Gasteiger partial charge in [-0.1, -0.05) is 0 Å². The van der Waals surface area contributed by atoms with Crippen LogP contribution in [0.25, 0.3) is 4.96 Å². The molecule has 0 aliphatic heterocycles. The molecule has 0 amide bonds. The predicted molar refractivity (Wildman–Crippen MR) is 112 cm³/mol. The summed E-state index contributed by atoms with van der Waals surface area (Å²) in [5.74, 6) is 0.817. The molecule has 3 aromatic heterocycles. The van der Waals surface area contributed by atoms with Gasteiger partial charge in [0.2, 0.25) is 0 Å². The number of halogens is 1. The van der Waals surface area contributed by atoms with Crippen molar-refractivity contribution in [1.82, 2.24) is 25.0 Å². The molecule has 24 heavy (non-hydrogen) atoms. The number of nitrogens with one attached hydrogen (secondary N) is 2. The molecular weight excluding hydrogens is 455 g/mol. The third-order valence-corrected chi connectivity index (χ3v) is 4.93. The minimum atomic E-state index is 0. The van der Waals surface area contributed by atoms with E-state index in [9.17, 15) is 0 Å². The van der Waals surface area contributed by atoms with Gasteiger partial charge in [-0.25, -0.2) is 15.0 Å². The Morgan fingerprint density at radius 2 is 2.25 bits per heavy atom. The quantitative estimate of drug-likeness (QED) is 0.326. The zero-order valence-electron chi connectivity index (χ0n) is 13.7. The van der Waals surface area contributed by atoms with E-state index >= 15 is 0 Å². The van der Waals surface area contributed by atoms with Crippen LogP contribution >= 0.6 is 46.7 Å². The first-order valence-electron chi connectivity index (χ1n) is 7.59.